The van der Waals surface area contributed by atoms with Gasteiger partial charge >= 0.3 is 5.97 Å². The molecule has 2 aromatic carbocycles. The lowest BCUT2D eigenvalue weighted by atomic mass is 10.2. The molecular formula is C26H24ClN3O3S. The lowest BCUT2D eigenvalue weighted by molar-refractivity contribution is -0.115. The number of aryl methyl sites for hydroxylation is 2. The zero-order valence-corrected chi connectivity index (χ0v) is 20.9. The maximum absolute atomic E-state index is 12.6. The van der Waals surface area contributed by atoms with Gasteiger partial charge in [0.05, 0.1) is 28.3 Å². The number of hydrogen-bond acceptors (Lipinski definition) is 5. The van der Waals surface area contributed by atoms with Crippen LogP contribution in [0.1, 0.15) is 39.8 Å². The van der Waals surface area contributed by atoms with Crippen molar-refractivity contribution in [2.24, 2.45) is 4.99 Å². The van der Waals surface area contributed by atoms with E-state index >= 15 is 0 Å². The molecule has 0 saturated carbocycles. The van der Waals surface area contributed by atoms with Crippen LogP contribution >= 0.6 is 23.4 Å². The van der Waals surface area contributed by atoms with Crippen molar-refractivity contribution in [3.63, 3.8) is 0 Å². The highest BCUT2D eigenvalue weighted by Crippen LogP contribution is 2.31. The van der Waals surface area contributed by atoms with Crippen molar-refractivity contribution in [2.75, 3.05) is 7.11 Å². The number of nitrogens with zero attached hydrogens (tertiary/aromatic N) is 2. The van der Waals surface area contributed by atoms with Gasteiger partial charge in [-0.3, -0.25) is 4.79 Å². The van der Waals surface area contributed by atoms with Gasteiger partial charge in [-0.25, -0.2) is 9.79 Å². The fourth-order valence-electron chi connectivity index (χ4n) is 3.79. The van der Waals surface area contributed by atoms with Gasteiger partial charge < -0.3 is 14.6 Å². The highest BCUT2D eigenvalue weighted by atomic mass is 35.5. The van der Waals surface area contributed by atoms with Crippen LogP contribution < -0.4 is 5.32 Å². The highest BCUT2D eigenvalue weighted by molar-refractivity contribution is 8.18. The minimum absolute atomic E-state index is 0.177. The summed E-state index contributed by atoms with van der Waals surface area (Å²) in [6.07, 6.45) is 2.83. The van der Waals surface area contributed by atoms with Gasteiger partial charge in [0.25, 0.3) is 5.91 Å². The molecule has 2 heterocycles. The Hall–Kier alpha value is -3.29. The summed E-state index contributed by atoms with van der Waals surface area (Å²) in [6, 6.07) is 15.2. The molecular weight excluding hydrogens is 470 g/mol. The predicted octanol–water partition coefficient (Wildman–Crippen LogP) is 5.99. The highest BCUT2D eigenvalue weighted by Gasteiger charge is 2.25. The molecule has 1 saturated heterocycles. The quantitative estimate of drug-likeness (QED) is 0.350. The number of amides is 1. The Labute approximate surface area is 207 Å². The van der Waals surface area contributed by atoms with Gasteiger partial charge in [-0.15, -0.1) is 0 Å². The molecule has 3 aromatic rings. The molecule has 174 valence electrons. The van der Waals surface area contributed by atoms with Crippen LogP contribution in [0.2, 0.25) is 5.02 Å². The smallest absolute Gasteiger partial charge is 0.339 e. The molecule has 1 aliphatic rings. The summed E-state index contributed by atoms with van der Waals surface area (Å²) in [6.45, 7) is 6.06. The molecule has 8 heteroatoms. The maximum Gasteiger partial charge on any atom is 0.339 e. The number of nitrogens with one attached hydrogen (secondary N) is 1. The number of ether oxygens (including phenoxy) is 1. The number of amidine groups is 1. The van der Waals surface area contributed by atoms with Gasteiger partial charge in [0, 0.05) is 17.1 Å². The zero-order valence-electron chi connectivity index (χ0n) is 19.3. The normalized spacial score (nSPS) is 15.7. The molecule has 6 nitrogen and oxygen atoms in total. The van der Waals surface area contributed by atoms with Gasteiger partial charge in [-0.2, -0.15) is 0 Å². The number of carbonyl (C=O) groups is 2. The molecule has 1 aromatic heterocycles. The van der Waals surface area contributed by atoms with Gasteiger partial charge in [0.1, 0.15) is 0 Å². The average Bonchev–Trinajstić information content (AvgIpc) is 3.31. The Balaban J connectivity index is 1.61. The molecule has 34 heavy (non-hydrogen) atoms. The molecule has 1 N–H and O–H groups in total. The Morgan fingerprint density at radius 1 is 1.18 bits per heavy atom. The van der Waals surface area contributed by atoms with Crippen LogP contribution in [0, 0.1) is 13.8 Å². The Kier molecular flexibility index (Phi) is 6.95. The van der Waals surface area contributed by atoms with Crippen LogP contribution in [-0.4, -0.2) is 28.7 Å². The first-order valence-electron chi connectivity index (χ1n) is 10.8. The number of esters is 1. The molecule has 0 radical (unpaired) electrons. The molecule has 1 aliphatic heterocycles. The number of rotatable bonds is 5. The van der Waals surface area contributed by atoms with Crippen molar-refractivity contribution in [3.05, 3.63) is 86.5 Å². The summed E-state index contributed by atoms with van der Waals surface area (Å²) in [5.41, 5.74) is 6.00. The van der Waals surface area contributed by atoms with E-state index < -0.39 is 5.97 Å². The number of thioether (sulfide) groups is 1. The van der Waals surface area contributed by atoms with E-state index in [1.807, 2.05) is 60.9 Å². The minimum Gasteiger partial charge on any atom is -0.465 e. The third kappa shape index (κ3) is 4.81. The van der Waals surface area contributed by atoms with E-state index in [-0.39, 0.29) is 5.91 Å². The van der Waals surface area contributed by atoms with Gasteiger partial charge in [-0.05, 0) is 85.6 Å². The zero-order chi connectivity index (χ0) is 24.4. The molecule has 0 aliphatic carbocycles. The first kappa shape index (κ1) is 23.9. The van der Waals surface area contributed by atoms with Crippen molar-refractivity contribution in [1.82, 2.24) is 9.88 Å². The number of benzene rings is 2. The third-order valence-electron chi connectivity index (χ3n) is 5.60. The molecule has 1 amide bonds. The molecule has 0 spiro atoms. The molecule has 0 unspecified atom stereocenters. The van der Waals surface area contributed by atoms with E-state index in [1.54, 1.807) is 12.1 Å². The summed E-state index contributed by atoms with van der Waals surface area (Å²) in [7, 11) is 1.32. The Morgan fingerprint density at radius 2 is 1.91 bits per heavy atom. The van der Waals surface area contributed by atoms with Crippen molar-refractivity contribution >= 4 is 52.2 Å². The van der Waals surface area contributed by atoms with Crippen molar-refractivity contribution < 1.29 is 14.3 Å². The van der Waals surface area contributed by atoms with Crippen molar-refractivity contribution in [2.45, 2.75) is 27.2 Å². The first-order chi connectivity index (χ1) is 16.3. The fourth-order valence-corrected chi connectivity index (χ4v) is 4.88. The van der Waals surface area contributed by atoms with Crippen molar-refractivity contribution in [1.29, 1.82) is 0 Å². The largest absolute Gasteiger partial charge is 0.465 e. The van der Waals surface area contributed by atoms with E-state index in [0.717, 1.165) is 34.7 Å². The van der Waals surface area contributed by atoms with Crippen LogP contribution in [0.15, 0.2) is 58.4 Å². The lowest BCUT2D eigenvalue weighted by Gasteiger charge is -2.11. The number of halogens is 1. The van der Waals surface area contributed by atoms with Gasteiger partial charge in [-0.1, -0.05) is 30.7 Å². The fraction of sp³-hybridized carbons (Fsp3) is 0.192. The number of aromatic nitrogens is 1. The Morgan fingerprint density at radius 3 is 2.56 bits per heavy atom. The monoisotopic (exact) mass is 493 g/mol. The van der Waals surface area contributed by atoms with E-state index in [2.05, 4.69) is 17.2 Å². The molecule has 1 fully saturated rings. The summed E-state index contributed by atoms with van der Waals surface area (Å²) in [5, 5.41) is 3.71. The van der Waals surface area contributed by atoms with E-state index in [4.69, 9.17) is 16.3 Å². The summed E-state index contributed by atoms with van der Waals surface area (Å²) < 4.78 is 6.80. The summed E-state index contributed by atoms with van der Waals surface area (Å²) in [5.74, 6) is -0.657. The molecule has 4 rings (SSSR count). The first-order valence-corrected chi connectivity index (χ1v) is 12.0. The molecule has 0 atom stereocenters. The second-order valence-corrected chi connectivity index (χ2v) is 9.26. The second kappa shape index (κ2) is 9.91. The number of carbonyl (C=O) groups excluding carboxylic acids is 2. The summed E-state index contributed by atoms with van der Waals surface area (Å²) in [4.78, 5) is 29.6. The maximum atomic E-state index is 12.6. The van der Waals surface area contributed by atoms with Crippen molar-refractivity contribution in [3.8, 4) is 5.69 Å². The number of hydrogen-bond donors (Lipinski definition) is 1. The SMILES string of the molecule is CCc1ccc(N=C2NC(=O)/C(=C/c3cc(C)n(-c4ccc(C(=O)OC)c(Cl)c4)c3C)S2)cc1. The van der Waals surface area contributed by atoms with Gasteiger partial charge in [0.2, 0.25) is 0 Å². The van der Waals surface area contributed by atoms with Crippen LogP contribution in [0.3, 0.4) is 0 Å². The van der Waals surface area contributed by atoms with Crippen LogP contribution in [0.4, 0.5) is 5.69 Å². The third-order valence-corrected chi connectivity index (χ3v) is 6.82. The van der Waals surface area contributed by atoms with E-state index in [0.29, 0.717) is 20.7 Å². The minimum atomic E-state index is -0.481. The second-order valence-electron chi connectivity index (χ2n) is 7.82. The van der Waals surface area contributed by atoms with Crippen LogP contribution in [0.5, 0.6) is 0 Å². The summed E-state index contributed by atoms with van der Waals surface area (Å²) >= 11 is 7.64. The van der Waals surface area contributed by atoms with E-state index in [9.17, 15) is 9.59 Å². The van der Waals surface area contributed by atoms with Gasteiger partial charge in [0.15, 0.2) is 5.17 Å². The Bertz CT molecular complexity index is 1340. The number of aliphatic imine (C=N–C) groups is 1. The van der Waals surface area contributed by atoms with E-state index in [1.165, 1.54) is 24.4 Å². The van der Waals surface area contributed by atoms with Crippen LogP contribution in [0.25, 0.3) is 11.8 Å². The lowest BCUT2D eigenvalue weighted by Crippen LogP contribution is -2.19. The number of methoxy groups -OCH3 is 1. The predicted molar refractivity (Wildman–Crippen MR) is 138 cm³/mol. The van der Waals surface area contributed by atoms with Crippen LogP contribution in [-0.2, 0) is 16.0 Å². The standard InChI is InChI=1S/C26H24ClN3O3S/c1-5-17-6-8-19(9-7-17)28-26-29-24(31)23(34-26)13-18-12-15(2)30(16(18)3)20-10-11-21(22(27)14-20)25(32)33-4/h6-14H,5H2,1-4H3,(H,28,29,31)/b23-13-. The molecule has 0 bridgehead atoms. The average molecular weight is 494 g/mol. The topological polar surface area (TPSA) is 72.7 Å².